The summed E-state index contributed by atoms with van der Waals surface area (Å²) in [5, 5.41) is 0. The molecule has 0 saturated carbocycles. The normalized spacial score (nSPS) is 46.4. The molecule has 4 nitrogen and oxygen atoms in total. The van der Waals surface area contributed by atoms with E-state index < -0.39 is 23.8 Å². The molecule has 2 aliphatic heterocycles. The lowest BCUT2D eigenvalue weighted by Gasteiger charge is -2.21. The standard InChI is InChI=1S/C4H6O4S2/c5-9(6)2-1-4(9)3-10(4,7)8/h1-3H2. The zero-order chi connectivity index (χ0) is 7.62. The SMILES string of the molecule is O=S1(=O)CCC12CS2(=O)=O. The van der Waals surface area contributed by atoms with Crippen molar-refractivity contribution < 1.29 is 16.8 Å². The van der Waals surface area contributed by atoms with Gasteiger partial charge in [-0.1, -0.05) is 0 Å². The molecule has 2 heterocycles. The summed E-state index contributed by atoms with van der Waals surface area (Å²) >= 11 is 0. The van der Waals surface area contributed by atoms with Crippen LogP contribution < -0.4 is 0 Å². The van der Waals surface area contributed by atoms with E-state index in [2.05, 4.69) is 0 Å². The maximum atomic E-state index is 10.8. The second-order valence-electron chi connectivity index (χ2n) is 2.74. The molecule has 10 heavy (non-hydrogen) atoms. The molecule has 58 valence electrons. The van der Waals surface area contributed by atoms with Crippen LogP contribution in [-0.4, -0.2) is 32.4 Å². The van der Waals surface area contributed by atoms with Crippen LogP contribution in [0.4, 0.5) is 0 Å². The summed E-state index contributed by atoms with van der Waals surface area (Å²) < 4.78 is 41.8. The minimum Gasteiger partial charge on any atom is -0.227 e. The van der Waals surface area contributed by atoms with E-state index in [4.69, 9.17) is 0 Å². The van der Waals surface area contributed by atoms with Crippen LogP contribution in [0.25, 0.3) is 0 Å². The van der Waals surface area contributed by atoms with Gasteiger partial charge in [0.15, 0.2) is 23.8 Å². The van der Waals surface area contributed by atoms with Crippen molar-refractivity contribution in [3.8, 4) is 0 Å². The van der Waals surface area contributed by atoms with Gasteiger partial charge in [-0.3, -0.25) is 0 Å². The van der Waals surface area contributed by atoms with Gasteiger partial charge in [0.1, 0.15) is 0 Å². The first-order valence-corrected chi connectivity index (χ1v) is 6.16. The molecule has 0 aromatic carbocycles. The monoisotopic (exact) mass is 182 g/mol. The molecule has 6 heteroatoms. The van der Waals surface area contributed by atoms with E-state index in [1.54, 1.807) is 0 Å². The highest BCUT2D eigenvalue weighted by Gasteiger charge is 2.75. The number of hydrogen-bond acceptors (Lipinski definition) is 4. The van der Waals surface area contributed by atoms with Gasteiger partial charge in [0.05, 0.1) is 11.5 Å². The first-order chi connectivity index (χ1) is 4.41. The predicted molar refractivity (Wildman–Crippen MR) is 34.9 cm³/mol. The maximum Gasteiger partial charge on any atom is 0.188 e. The van der Waals surface area contributed by atoms with E-state index in [0.29, 0.717) is 6.42 Å². The van der Waals surface area contributed by atoms with E-state index in [0.717, 1.165) is 0 Å². The van der Waals surface area contributed by atoms with Crippen LogP contribution in [0.2, 0.25) is 0 Å². The summed E-state index contributed by atoms with van der Waals surface area (Å²) in [6.45, 7) is 0. The van der Waals surface area contributed by atoms with E-state index in [-0.39, 0.29) is 11.5 Å². The summed E-state index contributed by atoms with van der Waals surface area (Å²) in [6.07, 6.45) is 0.317. The summed E-state index contributed by atoms with van der Waals surface area (Å²) in [7, 11) is -6.46. The van der Waals surface area contributed by atoms with Gasteiger partial charge in [-0.25, -0.2) is 16.8 Å². The van der Waals surface area contributed by atoms with E-state index in [1.165, 1.54) is 0 Å². The predicted octanol–water partition coefficient (Wildman–Crippen LogP) is -1.07. The Kier molecular flexibility index (Phi) is 0.839. The molecule has 0 bridgehead atoms. The largest absolute Gasteiger partial charge is 0.227 e. The number of rotatable bonds is 0. The fourth-order valence-electron chi connectivity index (χ4n) is 1.27. The fourth-order valence-corrected chi connectivity index (χ4v) is 6.76. The lowest BCUT2D eigenvalue weighted by Crippen LogP contribution is -2.41. The quantitative estimate of drug-likeness (QED) is 0.447. The van der Waals surface area contributed by atoms with Gasteiger partial charge in [0.2, 0.25) is 0 Å². The third-order valence-electron chi connectivity index (χ3n) is 2.21. The van der Waals surface area contributed by atoms with Gasteiger partial charge in [-0.2, -0.15) is 0 Å². The molecule has 0 aromatic rings. The first-order valence-electron chi connectivity index (χ1n) is 2.86. The molecular weight excluding hydrogens is 176 g/mol. The van der Waals surface area contributed by atoms with Crippen molar-refractivity contribution >= 4 is 19.7 Å². The molecule has 2 aliphatic rings. The van der Waals surface area contributed by atoms with Crippen LogP contribution >= 0.6 is 0 Å². The van der Waals surface area contributed by atoms with Crippen molar-refractivity contribution in [2.45, 2.75) is 10.5 Å². The molecule has 1 atom stereocenters. The van der Waals surface area contributed by atoms with Crippen molar-refractivity contribution in [2.24, 2.45) is 0 Å². The zero-order valence-corrected chi connectivity index (χ0v) is 6.70. The van der Waals surface area contributed by atoms with Crippen LogP contribution in [0, 0.1) is 0 Å². The topological polar surface area (TPSA) is 68.3 Å². The molecule has 2 saturated heterocycles. The van der Waals surface area contributed by atoms with E-state index >= 15 is 0 Å². The summed E-state index contributed by atoms with van der Waals surface area (Å²) in [5.41, 5.74) is 0. The summed E-state index contributed by atoms with van der Waals surface area (Å²) in [4.78, 5) is 0. The lowest BCUT2D eigenvalue weighted by molar-refractivity contribution is 0.551. The third kappa shape index (κ3) is 0.450. The molecule has 2 rings (SSSR count). The maximum absolute atomic E-state index is 10.8. The molecule has 0 aliphatic carbocycles. The smallest absolute Gasteiger partial charge is 0.188 e. The Bertz CT molecular complexity index is 375. The van der Waals surface area contributed by atoms with Crippen LogP contribution in [0.1, 0.15) is 6.42 Å². The van der Waals surface area contributed by atoms with Crippen molar-refractivity contribution in [1.82, 2.24) is 0 Å². The number of hydrogen-bond donors (Lipinski definition) is 0. The first kappa shape index (κ1) is 6.60. The fraction of sp³-hybridized carbons (Fsp3) is 1.00. The van der Waals surface area contributed by atoms with Crippen LogP contribution in [-0.2, 0) is 19.7 Å². The van der Waals surface area contributed by atoms with Gasteiger partial charge in [-0.15, -0.1) is 0 Å². The Labute approximate surface area is 59.1 Å². The van der Waals surface area contributed by atoms with Crippen LogP contribution in [0.3, 0.4) is 0 Å². The van der Waals surface area contributed by atoms with Gasteiger partial charge in [0.25, 0.3) is 0 Å². The minimum atomic E-state index is -3.24. The highest BCUT2D eigenvalue weighted by atomic mass is 32.3. The highest BCUT2D eigenvalue weighted by Crippen LogP contribution is 2.52. The van der Waals surface area contributed by atoms with Gasteiger partial charge in [-0.05, 0) is 6.42 Å². The zero-order valence-electron chi connectivity index (χ0n) is 5.07. The van der Waals surface area contributed by atoms with Crippen molar-refractivity contribution in [2.75, 3.05) is 11.5 Å². The molecule has 0 radical (unpaired) electrons. The molecule has 0 N–H and O–H groups in total. The summed E-state index contributed by atoms with van der Waals surface area (Å²) in [6, 6.07) is 0. The van der Waals surface area contributed by atoms with Gasteiger partial charge < -0.3 is 0 Å². The molecule has 0 amide bonds. The van der Waals surface area contributed by atoms with Crippen molar-refractivity contribution in [3.05, 3.63) is 0 Å². The molecule has 1 unspecified atom stereocenters. The van der Waals surface area contributed by atoms with Crippen molar-refractivity contribution in [1.29, 1.82) is 0 Å². The molecule has 2 fully saturated rings. The van der Waals surface area contributed by atoms with Crippen LogP contribution in [0.5, 0.6) is 0 Å². The average molecular weight is 182 g/mol. The Morgan fingerprint density at radius 2 is 1.50 bits per heavy atom. The second kappa shape index (κ2) is 1.27. The Hall–Kier alpha value is -0.100. The highest BCUT2D eigenvalue weighted by molar-refractivity contribution is 8.18. The average Bonchev–Trinajstić information content (AvgIpc) is 2.36. The molecular formula is C4H6O4S2. The molecule has 1 spiro atoms. The Morgan fingerprint density at radius 3 is 1.50 bits per heavy atom. The van der Waals surface area contributed by atoms with Crippen LogP contribution in [0.15, 0.2) is 0 Å². The summed E-state index contributed by atoms with van der Waals surface area (Å²) in [5.74, 6) is -0.0887. The minimum absolute atomic E-state index is 0.0478. The van der Waals surface area contributed by atoms with Gasteiger partial charge in [0, 0.05) is 0 Å². The van der Waals surface area contributed by atoms with E-state index in [9.17, 15) is 16.8 Å². The Morgan fingerprint density at radius 1 is 1.00 bits per heavy atom. The van der Waals surface area contributed by atoms with E-state index in [1.807, 2.05) is 0 Å². The molecule has 0 aromatic heterocycles. The lowest BCUT2D eigenvalue weighted by atomic mass is 10.3. The Balaban J connectivity index is 2.60. The second-order valence-corrected chi connectivity index (χ2v) is 7.72. The van der Waals surface area contributed by atoms with Gasteiger partial charge >= 0.3 is 0 Å². The third-order valence-corrected chi connectivity index (χ3v) is 8.14. The number of sulfone groups is 2. The van der Waals surface area contributed by atoms with Crippen molar-refractivity contribution in [3.63, 3.8) is 0 Å².